The summed E-state index contributed by atoms with van der Waals surface area (Å²) in [4.78, 5) is 10.8. The first kappa shape index (κ1) is 13.3. The molecule has 0 fully saturated rings. The van der Waals surface area contributed by atoms with Crippen LogP contribution in [0.3, 0.4) is 0 Å². The molecule has 0 aliphatic heterocycles. The Bertz CT molecular complexity index is 195. The summed E-state index contributed by atoms with van der Waals surface area (Å²) < 4.78 is 30.4. The van der Waals surface area contributed by atoms with E-state index in [0.717, 1.165) is 0 Å². The van der Waals surface area contributed by atoms with Gasteiger partial charge in [0.05, 0.1) is 6.61 Å². The Morgan fingerprint density at radius 2 is 2.00 bits per heavy atom. The molecule has 0 amide bonds. The van der Waals surface area contributed by atoms with Gasteiger partial charge in [0.2, 0.25) is 0 Å². The van der Waals surface area contributed by atoms with Crippen molar-refractivity contribution in [1.82, 2.24) is 0 Å². The fraction of sp³-hybridized carbons (Fsp3) is 0.889. The molecule has 0 saturated carbocycles. The van der Waals surface area contributed by atoms with Gasteiger partial charge in [0, 0.05) is 12.5 Å². The van der Waals surface area contributed by atoms with E-state index in [1.807, 2.05) is 0 Å². The van der Waals surface area contributed by atoms with E-state index in [4.69, 9.17) is 5.73 Å². The Hall–Kier alpha value is -0.710. The van der Waals surface area contributed by atoms with Crippen molar-refractivity contribution >= 4 is 5.97 Å². The Morgan fingerprint density at radius 1 is 1.50 bits per heavy atom. The van der Waals surface area contributed by atoms with Crippen molar-refractivity contribution in [2.24, 2.45) is 11.7 Å². The summed E-state index contributed by atoms with van der Waals surface area (Å²) in [5.41, 5.74) is 5.45. The van der Waals surface area contributed by atoms with E-state index >= 15 is 0 Å². The molecule has 0 saturated heterocycles. The van der Waals surface area contributed by atoms with E-state index in [0.29, 0.717) is 0 Å². The Kier molecular flexibility index (Phi) is 4.97. The maximum atomic E-state index is 13.1. The van der Waals surface area contributed by atoms with Crippen molar-refractivity contribution < 1.29 is 18.3 Å². The highest BCUT2D eigenvalue weighted by Gasteiger charge is 2.42. The molecular formula is C9H17F2NO2. The summed E-state index contributed by atoms with van der Waals surface area (Å²) in [5, 5.41) is 0. The van der Waals surface area contributed by atoms with Crippen LogP contribution in [0.25, 0.3) is 0 Å². The molecule has 3 nitrogen and oxygen atoms in total. The first-order valence-electron chi connectivity index (χ1n) is 4.62. The number of carbonyl (C=O) groups excluding carboxylic acids is 1. The van der Waals surface area contributed by atoms with E-state index < -0.39 is 24.4 Å². The second kappa shape index (κ2) is 5.24. The van der Waals surface area contributed by atoms with Crippen LogP contribution in [0.4, 0.5) is 8.78 Å². The smallest absolute Gasteiger partial charge is 0.377 e. The van der Waals surface area contributed by atoms with Crippen LogP contribution in [0.1, 0.15) is 27.2 Å². The molecule has 0 aliphatic rings. The number of esters is 1. The van der Waals surface area contributed by atoms with Gasteiger partial charge in [-0.1, -0.05) is 13.8 Å². The molecule has 0 aromatic heterocycles. The molecule has 0 aromatic carbocycles. The van der Waals surface area contributed by atoms with Crippen molar-refractivity contribution in [3.63, 3.8) is 0 Å². The molecule has 14 heavy (non-hydrogen) atoms. The Balaban J connectivity index is 4.25. The lowest BCUT2D eigenvalue weighted by Crippen LogP contribution is -2.40. The van der Waals surface area contributed by atoms with E-state index in [2.05, 4.69) is 4.74 Å². The van der Waals surface area contributed by atoms with E-state index in [1.165, 1.54) is 6.92 Å². The maximum absolute atomic E-state index is 13.1. The SMILES string of the molecule is CCOC(=O)C(F)(F)CC(N)C(C)C. The highest BCUT2D eigenvalue weighted by atomic mass is 19.3. The minimum absolute atomic E-state index is 0.0503. The number of rotatable bonds is 5. The molecule has 0 aromatic rings. The second-order valence-electron chi connectivity index (χ2n) is 3.54. The molecule has 0 spiro atoms. The minimum Gasteiger partial charge on any atom is -0.462 e. The van der Waals surface area contributed by atoms with Crippen LogP contribution in [0, 0.1) is 5.92 Å². The van der Waals surface area contributed by atoms with Crippen LogP contribution >= 0.6 is 0 Å². The molecule has 1 atom stereocenters. The highest BCUT2D eigenvalue weighted by Crippen LogP contribution is 2.23. The highest BCUT2D eigenvalue weighted by molar-refractivity contribution is 5.77. The molecule has 84 valence electrons. The molecule has 1 unspecified atom stereocenters. The van der Waals surface area contributed by atoms with Crippen LogP contribution < -0.4 is 5.73 Å². The topological polar surface area (TPSA) is 52.3 Å². The summed E-state index contributed by atoms with van der Waals surface area (Å²) in [6.45, 7) is 4.89. The summed E-state index contributed by atoms with van der Waals surface area (Å²) in [6.07, 6.45) is -0.663. The molecule has 0 aliphatic carbocycles. The normalized spacial score (nSPS) is 14.2. The fourth-order valence-corrected chi connectivity index (χ4v) is 0.852. The molecule has 2 N–H and O–H groups in total. The Labute approximate surface area is 82.6 Å². The Morgan fingerprint density at radius 3 is 2.36 bits per heavy atom. The third-order valence-electron chi connectivity index (χ3n) is 1.92. The minimum atomic E-state index is -3.47. The van der Waals surface area contributed by atoms with Gasteiger partial charge in [-0.15, -0.1) is 0 Å². The summed E-state index contributed by atoms with van der Waals surface area (Å²) in [6, 6.07) is -0.700. The first-order chi connectivity index (χ1) is 6.31. The largest absolute Gasteiger partial charge is 0.462 e. The van der Waals surface area contributed by atoms with Crippen LogP contribution in [0.15, 0.2) is 0 Å². The zero-order valence-electron chi connectivity index (χ0n) is 8.72. The average Bonchev–Trinajstić information content (AvgIpc) is 2.03. The van der Waals surface area contributed by atoms with Gasteiger partial charge in [0.15, 0.2) is 0 Å². The zero-order chi connectivity index (χ0) is 11.4. The van der Waals surface area contributed by atoms with Gasteiger partial charge in [-0.05, 0) is 12.8 Å². The molecule has 0 rings (SSSR count). The van der Waals surface area contributed by atoms with Gasteiger partial charge in [0.1, 0.15) is 0 Å². The fourth-order valence-electron chi connectivity index (χ4n) is 0.852. The van der Waals surface area contributed by atoms with Crippen LogP contribution in [-0.2, 0) is 9.53 Å². The van der Waals surface area contributed by atoms with Crippen molar-refractivity contribution in [2.45, 2.75) is 39.2 Å². The average molecular weight is 209 g/mol. The number of nitrogens with two attached hydrogens (primary N) is 1. The van der Waals surface area contributed by atoms with Gasteiger partial charge >= 0.3 is 11.9 Å². The van der Waals surface area contributed by atoms with Crippen LogP contribution in [0.5, 0.6) is 0 Å². The van der Waals surface area contributed by atoms with E-state index in [1.54, 1.807) is 13.8 Å². The number of halogens is 2. The number of alkyl halides is 2. The summed E-state index contributed by atoms with van der Waals surface area (Å²) in [7, 11) is 0. The lowest BCUT2D eigenvalue weighted by Gasteiger charge is -2.21. The third-order valence-corrected chi connectivity index (χ3v) is 1.92. The van der Waals surface area contributed by atoms with Gasteiger partial charge in [-0.2, -0.15) is 8.78 Å². The number of hydrogen-bond acceptors (Lipinski definition) is 3. The predicted octanol–water partition coefficient (Wildman–Crippen LogP) is 1.56. The zero-order valence-corrected chi connectivity index (χ0v) is 8.72. The number of ether oxygens (including phenoxy) is 1. The third kappa shape index (κ3) is 4.00. The van der Waals surface area contributed by atoms with Crippen molar-refractivity contribution in [1.29, 1.82) is 0 Å². The van der Waals surface area contributed by atoms with Gasteiger partial charge in [-0.25, -0.2) is 4.79 Å². The molecule has 0 radical (unpaired) electrons. The standard InChI is InChI=1S/C9H17F2NO2/c1-4-14-8(13)9(10,11)5-7(12)6(2)3/h6-7H,4-5,12H2,1-3H3. The van der Waals surface area contributed by atoms with Gasteiger partial charge < -0.3 is 10.5 Å². The van der Waals surface area contributed by atoms with E-state index in [-0.39, 0.29) is 12.5 Å². The quantitative estimate of drug-likeness (QED) is 0.699. The maximum Gasteiger partial charge on any atom is 0.377 e. The van der Waals surface area contributed by atoms with Crippen LogP contribution in [0.2, 0.25) is 0 Å². The van der Waals surface area contributed by atoms with Crippen molar-refractivity contribution in [3.8, 4) is 0 Å². The van der Waals surface area contributed by atoms with Crippen molar-refractivity contribution in [2.75, 3.05) is 6.61 Å². The van der Waals surface area contributed by atoms with Gasteiger partial charge in [-0.3, -0.25) is 0 Å². The lowest BCUT2D eigenvalue weighted by atomic mass is 9.98. The summed E-state index contributed by atoms with van der Waals surface area (Å²) >= 11 is 0. The van der Waals surface area contributed by atoms with Gasteiger partial charge in [0.25, 0.3) is 0 Å². The number of hydrogen-bond donors (Lipinski definition) is 1. The van der Waals surface area contributed by atoms with Crippen LogP contribution in [-0.4, -0.2) is 24.5 Å². The number of carbonyl (C=O) groups is 1. The second-order valence-corrected chi connectivity index (χ2v) is 3.54. The predicted molar refractivity (Wildman–Crippen MR) is 49.0 cm³/mol. The van der Waals surface area contributed by atoms with Crippen molar-refractivity contribution in [3.05, 3.63) is 0 Å². The first-order valence-corrected chi connectivity index (χ1v) is 4.62. The van der Waals surface area contributed by atoms with E-state index in [9.17, 15) is 13.6 Å². The molecule has 0 heterocycles. The lowest BCUT2D eigenvalue weighted by molar-refractivity contribution is -0.173. The monoisotopic (exact) mass is 209 g/mol. The molecular weight excluding hydrogens is 192 g/mol. The summed E-state index contributed by atoms with van der Waals surface area (Å²) in [5.74, 6) is -5.05. The molecule has 0 bridgehead atoms. The molecule has 5 heteroatoms.